The molecule has 0 saturated heterocycles. The van der Waals surface area contributed by atoms with E-state index in [1.807, 2.05) is 13.8 Å². The summed E-state index contributed by atoms with van der Waals surface area (Å²) in [5, 5.41) is 12.6. The third kappa shape index (κ3) is 6.48. The van der Waals surface area contributed by atoms with Gasteiger partial charge in [-0.2, -0.15) is 0 Å². The van der Waals surface area contributed by atoms with Crippen LogP contribution in [0.25, 0.3) is 0 Å². The monoisotopic (exact) mass is 337 g/mol. The van der Waals surface area contributed by atoms with Crippen molar-refractivity contribution in [3.63, 3.8) is 0 Å². The molecule has 0 unspecified atom stereocenters. The van der Waals surface area contributed by atoms with Crippen molar-refractivity contribution in [3.05, 3.63) is 23.8 Å². The van der Waals surface area contributed by atoms with Crippen molar-refractivity contribution >= 4 is 11.9 Å². The zero-order valence-electron chi connectivity index (χ0n) is 15.2. The Morgan fingerprint density at radius 2 is 1.79 bits per heavy atom. The topological polar surface area (TPSA) is 84.9 Å². The number of methoxy groups -OCH3 is 1. The molecule has 1 rings (SSSR count). The summed E-state index contributed by atoms with van der Waals surface area (Å²) in [6, 6.07) is 4.23. The maximum atomic E-state index is 12.0. The molecule has 1 aromatic carbocycles. The third-order valence-corrected chi connectivity index (χ3v) is 3.21. The average molecular weight is 337 g/mol. The van der Waals surface area contributed by atoms with Crippen molar-refractivity contribution in [2.75, 3.05) is 13.7 Å². The molecule has 0 spiro atoms. The molecule has 0 fully saturated rings. The Balaban J connectivity index is 2.59. The van der Waals surface area contributed by atoms with Gasteiger partial charge in [0.2, 0.25) is 0 Å². The van der Waals surface area contributed by atoms with E-state index in [1.54, 1.807) is 0 Å². The van der Waals surface area contributed by atoms with Crippen LogP contribution in [0.15, 0.2) is 18.2 Å². The lowest BCUT2D eigenvalue weighted by molar-refractivity contribution is -0.126. The number of nitrogens with one attached hydrogen (secondary N) is 1. The van der Waals surface area contributed by atoms with Gasteiger partial charge in [0, 0.05) is 11.6 Å². The number of hydrogen-bond donors (Lipinski definition) is 2. The van der Waals surface area contributed by atoms with Gasteiger partial charge in [-0.3, -0.25) is 4.79 Å². The summed E-state index contributed by atoms with van der Waals surface area (Å²) in [5.41, 5.74) is -0.371. The fraction of sp³-hybridized carbons (Fsp3) is 0.556. The largest absolute Gasteiger partial charge is 0.507 e. The molecule has 1 aromatic rings. The molecule has 0 radical (unpaired) electrons. The summed E-state index contributed by atoms with van der Waals surface area (Å²) in [6.45, 7) is 9.71. The van der Waals surface area contributed by atoms with Gasteiger partial charge in [-0.25, -0.2) is 4.79 Å². The lowest BCUT2D eigenvalue weighted by atomic mass is 9.82. The summed E-state index contributed by atoms with van der Waals surface area (Å²) >= 11 is 0. The molecule has 0 saturated carbocycles. The Bertz CT molecular complexity index is 602. The van der Waals surface area contributed by atoms with Crippen LogP contribution in [0.2, 0.25) is 0 Å². The summed E-state index contributed by atoms with van der Waals surface area (Å²) in [5.74, 6) is -0.983. The first kappa shape index (κ1) is 19.8. The first-order valence-electron chi connectivity index (χ1n) is 7.79. The van der Waals surface area contributed by atoms with Gasteiger partial charge < -0.3 is 19.9 Å². The molecule has 134 valence electrons. The smallest absolute Gasteiger partial charge is 0.342 e. The molecule has 0 heterocycles. The molecule has 0 aromatic heterocycles. The Kier molecular flexibility index (Phi) is 6.23. The number of phenols is 1. The van der Waals surface area contributed by atoms with Crippen molar-refractivity contribution in [2.24, 2.45) is 5.41 Å². The fourth-order valence-corrected chi connectivity index (χ4v) is 2.80. The summed E-state index contributed by atoms with van der Waals surface area (Å²) in [7, 11) is 1.45. The number of aromatic hydroxyl groups is 1. The quantitative estimate of drug-likeness (QED) is 0.780. The van der Waals surface area contributed by atoms with Crippen LogP contribution in [0.4, 0.5) is 0 Å². The molecule has 24 heavy (non-hydrogen) atoms. The molecule has 0 aliphatic heterocycles. The van der Waals surface area contributed by atoms with Crippen molar-refractivity contribution < 1.29 is 24.2 Å². The molecule has 0 atom stereocenters. The van der Waals surface area contributed by atoms with Crippen LogP contribution in [-0.2, 0) is 9.53 Å². The summed E-state index contributed by atoms with van der Waals surface area (Å²) < 4.78 is 9.91. The predicted molar refractivity (Wildman–Crippen MR) is 91.2 cm³/mol. The number of hydrogen-bond acceptors (Lipinski definition) is 5. The lowest BCUT2D eigenvalue weighted by Crippen LogP contribution is -2.47. The van der Waals surface area contributed by atoms with Gasteiger partial charge in [-0.1, -0.05) is 20.8 Å². The lowest BCUT2D eigenvalue weighted by Gasteiger charge is -2.33. The number of phenolic OH excluding ortho intramolecular Hbond substituents is 1. The molecule has 2 N–H and O–H groups in total. The number of esters is 1. The minimum atomic E-state index is -0.765. The second kappa shape index (κ2) is 7.55. The van der Waals surface area contributed by atoms with E-state index < -0.39 is 18.1 Å². The molecule has 0 aliphatic carbocycles. The summed E-state index contributed by atoms with van der Waals surface area (Å²) in [4.78, 5) is 24.0. The van der Waals surface area contributed by atoms with Crippen LogP contribution in [-0.4, -0.2) is 36.2 Å². The highest BCUT2D eigenvalue weighted by atomic mass is 16.5. The van der Waals surface area contributed by atoms with Gasteiger partial charge in [-0.15, -0.1) is 0 Å². The van der Waals surface area contributed by atoms with Crippen molar-refractivity contribution in [2.45, 2.75) is 46.6 Å². The Morgan fingerprint density at radius 3 is 2.29 bits per heavy atom. The van der Waals surface area contributed by atoms with E-state index in [0.717, 1.165) is 6.42 Å². The van der Waals surface area contributed by atoms with Crippen LogP contribution >= 0.6 is 0 Å². The van der Waals surface area contributed by atoms with Crippen molar-refractivity contribution in [3.8, 4) is 11.5 Å². The van der Waals surface area contributed by atoms with Gasteiger partial charge in [0.25, 0.3) is 5.91 Å². The zero-order chi connectivity index (χ0) is 18.5. The number of carbonyl (C=O) groups excluding carboxylic acids is 2. The molecular formula is C18H27NO5. The molecule has 6 heteroatoms. The highest BCUT2D eigenvalue weighted by Gasteiger charge is 2.27. The van der Waals surface area contributed by atoms with E-state index >= 15 is 0 Å². The normalized spacial score (nSPS) is 11.8. The van der Waals surface area contributed by atoms with E-state index in [2.05, 4.69) is 26.1 Å². The van der Waals surface area contributed by atoms with E-state index in [9.17, 15) is 14.7 Å². The number of benzene rings is 1. The van der Waals surface area contributed by atoms with Crippen molar-refractivity contribution in [1.82, 2.24) is 5.32 Å². The summed E-state index contributed by atoms with van der Waals surface area (Å²) in [6.07, 6.45) is 0.777. The molecule has 6 nitrogen and oxygen atoms in total. The van der Waals surface area contributed by atoms with Crippen LogP contribution in [0.1, 0.15) is 51.4 Å². The Labute approximate surface area is 143 Å². The van der Waals surface area contributed by atoms with Gasteiger partial charge in [0.05, 0.1) is 7.11 Å². The second-order valence-electron chi connectivity index (χ2n) is 7.63. The van der Waals surface area contributed by atoms with Gasteiger partial charge in [0.1, 0.15) is 17.1 Å². The second-order valence-corrected chi connectivity index (χ2v) is 7.63. The molecule has 0 bridgehead atoms. The van der Waals surface area contributed by atoms with Crippen molar-refractivity contribution in [1.29, 1.82) is 0 Å². The number of carbonyl (C=O) groups is 2. The van der Waals surface area contributed by atoms with Crippen LogP contribution in [0, 0.1) is 5.41 Å². The van der Waals surface area contributed by atoms with Crippen LogP contribution in [0.3, 0.4) is 0 Å². The van der Waals surface area contributed by atoms with Gasteiger partial charge >= 0.3 is 5.97 Å². The first-order valence-corrected chi connectivity index (χ1v) is 7.79. The highest BCUT2D eigenvalue weighted by molar-refractivity contribution is 5.94. The van der Waals surface area contributed by atoms with E-state index in [0.29, 0.717) is 5.75 Å². The fourth-order valence-electron chi connectivity index (χ4n) is 2.80. The van der Waals surface area contributed by atoms with Crippen LogP contribution in [0.5, 0.6) is 11.5 Å². The van der Waals surface area contributed by atoms with Crippen LogP contribution < -0.4 is 10.1 Å². The third-order valence-electron chi connectivity index (χ3n) is 3.21. The standard InChI is InChI=1S/C18H27NO5/c1-17(2,3)11-18(4,5)19-15(21)10-24-16(22)13-8-7-12(23-6)9-14(13)20/h7-9,20H,10-11H2,1-6H3,(H,19,21). The molecule has 1 amide bonds. The van der Waals surface area contributed by atoms with E-state index in [1.165, 1.54) is 25.3 Å². The number of ether oxygens (including phenoxy) is 2. The van der Waals surface area contributed by atoms with E-state index in [4.69, 9.17) is 9.47 Å². The van der Waals surface area contributed by atoms with Gasteiger partial charge in [-0.05, 0) is 37.8 Å². The zero-order valence-corrected chi connectivity index (χ0v) is 15.2. The predicted octanol–water partition coefficient (Wildman–Crippen LogP) is 2.89. The molecular weight excluding hydrogens is 310 g/mol. The number of amides is 1. The Morgan fingerprint density at radius 1 is 1.17 bits per heavy atom. The SMILES string of the molecule is COc1ccc(C(=O)OCC(=O)NC(C)(C)CC(C)(C)C)c(O)c1. The first-order chi connectivity index (χ1) is 10.9. The minimum absolute atomic E-state index is 0.0162. The molecule has 0 aliphatic rings. The minimum Gasteiger partial charge on any atom is -0.507 e. The Hall–Kier alpha value is -2.24. The maximum Gasteiger partial charge on any atom is 0.342 e. The highest BCUT2D eigenvalue weighted by Crippen LogP contribution is 2.27. The van der Waals surface area contributed by atoms with Gasteiger partial charge in [0.15, 0.2) is 6.61 Å². The average Bonchev–Trinajstić information content (AvgIpc) is 2.41. The number of rotatable bonds is 6. The van der Waals surface area contributed by atoms with E-state index in [-0.39, 0.29) is 22.6 Å². The maximum absolute atomic E-state index is 12.0.